The maximum absolute atomic E-state index is 8.86. The molecule has 0 aromatic heterocycles. The molecular formula is C21H28O4. The van der Waals surface area contributed by atoms with E-state index < -0.39 is 0 Å². The minimum absolute atomic E-state index is 0.0139. The molecule has 0 spiro atoms. The molecule has 0 radical (unpaired) electrons. The van der Waals surface area contributed by atoms with Gasteiger partial charge in [-0.15, -0.1) is 0 Å². The van der Waals surface area contributed by atoms with Crippen molar-refractivity contribution in [2.75, 3.05) is 26.4 Å². The second-order valence-corrected chi connectivity index (χ2v) is 6.27. The zero-order chi connectivity index (χ0) is 18.1. The van der Waals surface area contributed by atoms with E-state index in [0.29, 0.717) is 13.2 Å². The topological polar surface area (TPSA) is 58.9 Å². The van der Waals surface area contributed by atoms with Crippen LogP contribution in [-0.4, -0.2) is 36.6 Å². The average Bonchev–Trinajstić information content (AvgIpc) is 2.65. The van der Waals surface area contributed by atoms with Gasteiger partial charge in [0.15, 0.2) is 0 Å². The first kappa shape index (κ1) is 19.3. The maximum atomic E-state index is 8.86. The molecule has 25 heavy (non-hydrogen) atoms. The lowest BCUT2D eigenvalue weighted by Crippen LogP contribution is -2.23. The van der Waals surface area contributed by atoms with Crippen LogP contribution in [-0.2, 0) is 5.41 Å². The van der Waals surface area contributed by atoms with E-state index in [4.69, 9.17) is 19.7 Å². The Morgan fingerprint density at radius 3 is 1.48 bits per heavy atom. The molecule has 0 saturated heterocycles. The van der Waals surface area contributed by atoms with Crippen LogP contribution in [0.2, 0.25) is 0 Å². The fourth-order valence-corrected chi connectivity index (χ4v) is 3.12. The predicted octanol–water partition coefficient (Wildman–Crippen LogP) is 3.53. The highest BCUT2D eigenvalue weighted by atomic mass is 16.5. The average molecular weight is 344 g/mol. The molecule has 2 aromatic rings. The van der Waals surface area contributed by atoms with Gasteiger partial charge >= 0.3 is 0 Å². The number of ether oxygens (including phenoxy) is 2. The van der Waals surface area contributed by atoms with Crippen LogP contribution in [0.3, 0.4) is 0 Å². The molecular weight excluding hydrogens is 316 g/mol. The molecule has 0 aliphatic carbocycles. The van der Waals surface area contributed by atoms with Gasteiger partial charge in [0.05, 0.1) is 13.2 Å². The van der Waals surface area contributed by atoms with Gasteiger partial charge in [-0.1, -0.05) is 44.5 Å². The van der Waals surface area contributed by atoms with Crippen LogP contribution in [0.1, 0.15) is 37.8 Å². The van der Waals surface area contributed by atoms with E-state index >= 15 is 0 Å². The zero-order valence-corrected chi connectivity index (χ0v) is 15.1. The third-order valence-corrected chi connectivity index (χ3v) is 4.45. The summed E-state index contributed by atoms with van der Waals surface area (Å²) in [7, 11) is 0. The van der Waals surface area contributed by atoms with Crippen LogP contribution in [0.4, 0.5) is 0 Å². The van der Waals surface area contributed by atoms with Crippen LogP contribution >= 0.6 is 0 Å². The molecule has 0 bridgehead atoms. The molecule has 0 aliphatic heterocycles. The van der Waals surface area contributed by atoms with Crippen LogP contribution in [0.15, 0.2) is 48.5 Å². The molecule has 0 amide bonds. The molecule has 136 valence electrons. The SMILES string of the molecule is CCCC(C)(c1ccc(OCCO)cc1)c1ccc(OCCO)cc1. The Morgan fingerprint density at radius 1 is 0.760 bits per heavy atom. The number of aliphatic hydroxyl groups is 2. The van der Waals surface area contributed by atoms with E-state index in [9.17, 15) is 0 Å². The van der Waals surface area contributed by atoms with Gasteiger partial charge < -0.3 is 19.7 Å². The van der Waals surface area contributed by atoms with Crippen molar-refractivity contribution < 1.29 is 19.7 Å². The normalized spacial score (nSPS) is 11.4. The summed E-state index contributed by atoms with van der Waals surface area (Å²) in [6.07, 6.45) is 2.10. The summed E-state index contributed by atoms with van der Waals surface area (Å²) in [6, 6.07) is 16.2. The number of aliphatic hydroxyl groups excluding tert-OH is 2. The molecule has 0 unspecified atom stereocenters. The Hall–Kier alpha value is -2.04. The molecule has 4 heteroatoms. The third kappa shape index (κ3) is 4.97. The molecule has 4 nitrogen and oxygen atoms in total. The Balaban J connectivity index is 2.24. The molecule has 2 rings (SSSR count). The Kier molecular flexibility index (Phi) is 7.29. The number of benzene rings is 2. The summed E-state index contributed by atoms with van der Waals surface area (Å²) in [6.45, 7) is 5.08. The van der Waals surface area contributed by atoms with E-state index in [1.807, 2.05) is 24.3 Å². The fraction of sp³-hybridized carbons (Fsp3) is 0.429. The van der Waals surface area contributed by atoms with Gasteiger partial charge in [-0.2, -0.15) is 0 Å². The molecule has 2 aromatic carbocycles. The monoisotopic (exact) mass is 344 g/mol. The highest BCUT2D eigenvalue weighted by molar-refractivity contribution is 5.42. The van der Waals surface area contributed by atoms with E-state index in [-0.39, 0.29) is 18.6 Å². The van der Waals surface area contributed by atoms with Gasteiger partial charge in [0.2, 0.25) is 0 Å². The summed E-state index contributed by atoms with van der Waals surface area (Å²) in [5, 5.41) is 17.7. The van der Waals surface area contributed by atoms with Crippen LogP contribution in [0, 0.1) is 0 Å². The molecule has 0 fully saturated rings. The van der Waals surface area contributed by atoms with Crippen molar-refractivity contribution in [2.24, 2.45) is 0 Å². The predicted molar refractivity (Wildman–Crippen MR) is 99.4 cm³/mol. The summed E-state index contributed by atoms with van der Waals surface area (Å²) in [5.74, 6) is 1.54. The lowest BCUT2D eigenvalue weighted by atomic mass is 9.73. The quantitative estimate of drug-likeness (QED) is 0.692. The van der Waals surface area contributed by atoms with E-state index in [2.05, 4.69) is 38.1 Å². The lowest BCUT2D eigenvalue weighted by molar-refractivity contribution is 0.201. The van der Waals surface area contributed by atoms with E-state index in [1.165, 1.54) is 11.1 Å². The summed E-state index contributed by atoms with van der Waals surface area (Å²) in [5.41, 5.74) is 2.37. The van der Waals surface area contributed by atoms with Crippen molar-refractivity contribution in [1.29, 1.82) is 0 Å². The van der Waals surface area contributed by atoms with Gasteiger partial charge in [-0.3, -0.25) is 0 Å². The van der Waals surface area contributed by atoms with Gasteiger partial charge in [0.1, 0.15) is 24.7 Å². The summed E-state index contributed by atoms with van der Waals surface area (Å²) >= 11 is 0. The van der Waals surface area contributed by atoms with Gasteiger partial charge in [0, 0.05) is 5.41 Å². The van der Waals surface area contributed by atoms with Crippen LogP contribution < -0.4 is 9.47 Å². The highest BCUT2D eigenvalue weighted by Crippen LogP contribution is 2.37. The molecule has 0 atom stereocenters. The highest BCUT2D eigenvalue weighted by Gasteiger charge is 2.28. The van der Waals surface area contributed by atoms with Crippen LogP contribution in [0.5, 0.6) is 11.5 Å². The van der Waals surface area contributed by atoms with Crippen molar-refractivity contribution in [2.45, 2.75) is 32.1 Å². The van der Waals surface area contributed by atoms with E-state index in [0.717, 1.165) is 24.3 Å². The lowest BCUT2D eigenvalue weighted by Gasteiger charge is -2.31. The first-order valence-corrected chi connectivity index (χ1v) is 8.82. The van der Waals surface area contributed by atoms with Crippen molar-refractivity contribution in [3.8, 4) is 11.5 Å². The summed E-state index contributed by atoms with van der Waals surface area (Å²) in [4.78, 5) is 0. The smallest absolute Gasteiger partial charge is 0.119 e. The zero-order valence-electron chi connectivity index (χ0n) is 15.1. The number of hydrogen-bond acceptors (Lipinski definition) is 4. The maximum Gasteiger partial charge on any atom is 0.119 e. The number of rotatable bonds is 10. The van der Waals surface area contributed by atoms with Crippen molar-refractivity contribution in [1.82, 2.24) is 0 Å². The Labute approximate surface area is 150 Å². The van der Waals surface area contributed by atoms with Crippen molar-refractivity contribution in [3.05, 3.63) is 59.7 Å². The minimum Gasteiger partial charge on any atom is -0.491 e. The Bertz CT molecular complexity index is 568. The second-order valence-electron chi connectivity index (χ2n) is 6.27. The first-order chi connectivity index (χ1) is 12.1. The molecule has 2 N–H and O–H groups in total. The molecule has 0 saturated carbocycles. The molecule has 0 aliphatic rings. The Morgan fingerprint density at radius 2 is 1.16 bits per heavy atom. The summed E-state index contributed by atoms with van der Waals surface area (Å²) < 4.78 is 10.9. The van der Waals surface area contributed by atoms with Gasteiger partial charge in [0.25, 0.3) is 0 Å². The largest absolute Gasteiger partial charge is 0.491 e. The van der Waals surface area contributed by atoms with E-state index in [1.54, 1.807) is 0 Å². The third-order valence-electron chi connectivity index (χ3n) is 4.45. The second kappa shape index (κ2) is 9.44. The first-order valence-electron chi connectivity index (χ1n) is 8.82. The fourth-order valence-electron chi connectivity index (χ4n) is 3.12. The standard InChI is InChI=1S/C21H28O4/c1-3-12-21(2,17-4-8-19(9-5-17)24-15-13-22)18-6-10-20(11-7-18)25-16-14-23/h4-11,22-23H,3,12-16H2,1-2H3. The van der Waals surface area contributed by atoms with Crippen molar-refractivity contribution >= 4 is 0 Å². The van der Waals surface area contributed by atoms with Gasteiger partial charge in [-0.05, 0) is 41.8 Å². The minimum atomic E-state index is -0.0975. The molecule has 0 heterocycles. The van der Waals surface area contributed by atoms with Crippen LogP contribution in [0.25, 0.3) is 0 Å². The van der Waals surface area contributed by atoms with Gasteiger partial charge in [-0.25, -0.2) is 0 Å². The number of hydrogen-bond donors (Lipinski definition) is 2. The van der Waals surface area contributed by atoms with Crippen molar-refractivity contribution in [3.63, 3.8) is 0 Å².